The van der Waals surface area contributed by atoms with Crippen molar-refractivity contribution in [2.75, 3.05) is 18.0 Å². The van der Waals surface area contributed by atoms with E-state index in [-0.39, 0.29) is 5.91 Å². The summed E-state index contributed by atoms with van der Waals surface area (Å²) in [5, 5.41) is 12.7. The van der Waals surface area contributed by atoms with Crippen molar-refractivity contribution in [2.24, 2.45) is 0 Å². The third-order valence-corrected chi connectivity index (χ3v) is 3.37. The number of carbonyl (C=O) groups is 1. The maximum absolute atomic E-state index is 11.9. The molecular formula is C13H19N3O2. The molecule has 2 heterocycles. The Bertz CT molecular complexity index is 457. The van der Waals surface area contributed by atoms with Gasteiger partial charge in [-0.3, -0.25) is 4.79 Å². The van der Waals surface area contributed by atoms with E-state index in [0.29, 0.717) is 18.9 Å². The fourth-order valence-electron chi connectivity index (χ4n) is 2.23. The van der Waals surface area contributed by atoms with Gasteiger partial charge in [0.05, 0.1) is 6.10 Å². The van der Waals surface area contributed by atoms with Crippen molar-refractivity contribution in [1.29, 1.82) is 0 Å². The van der Waals surface area contributed by atoms with Crippen molar-refractivity contribution in [1.82, 2.24) is 10.3 Å². The smallest absolute Gasteiger partial charge is 0.245 e. The van der Waals surface area contributed by atoms with Gasteiger partial charge in [0.15, 0.2) is 0 Å². The molecule has 18 heavy (non-hydrogen) atoms. The van der Waals surface area contributed by atoms with Crippen molar-refractivity contribution in [2.45, 2.75) is 32.4 Å². The largest absolute Gasteiger partial charge is 0.389 e. The number of amides is 1. The van der Waals surface area contributed by atoms with E-state index in [0.717, 1.165) is 5.56 Å². The molecule has 1 amide bonds. The van der Waals surface area contributed by atoms with Gasteiger partial charge in [-0.15, -0.1) is 0 Å². The number of hydrogen-bond acceptors (Lipinski definition) is 4. The fourth-order valence-corrected chi connectivity index (χ4v) is 2.23. The Kier molecular flexibility index (Phi) is 3.26. The molecule has 1 atom stereocenters. The second kappa shape index (κ2) is 4.57. The highest BCUT2D eigenvalue weighted by Gasteiger charge is 2.39. The molecule has 2 N–H and O–H groups in total. The predicted octanol–water partition coefficient (Wildman–Crippen LogP) is 0.850. The van der Waals surface area contributed by atoms with Crippen LogP contribution in [0.3, 0.4) is 0 Å². The van der Waals surface area contributed by atoms with E-state index in [2.05, 4.69) is 10.3 Å². The van der Waals surface area contributed by atoms with Gasteiger partial charge < -0.3 is 15.3 Å². The monoisotopic (exact) mass is 249 g/mol. The quantitative estimate of drug-likeness (QED) is 0.815. The molecule has 0 saturated carbocycles. The van der Waals surface area contributed by atoms with Crippen LogP contribution >= 0.6 is 0 Å². The lowest BCUT2D eigenvalue weighted by Gasteiger charge is -2.42. The third-order valence-electron chi connectivity index (χ3n) is 3.37. The molecule has 0 radical (unpaired) electrons. The number of hydrogen-bond donors (Lipinski definition) is 2. The minimum absolute atomic E-state index is 0.0176. The van der Waals surface area contributed by atoms with Crippen LogP contribution in [-0.2, 0) is 4.79 Å². The summed E-state index contributed by atoms with van der Waals surface area (Å²) in [6.45, 7) is 6.72. The van der Waals surface area contributed by atoms with Gasteiger partial charge in [0.1, 0.15) is 11.4 Å². The maximum atomic E-state index is 11.9. The molecular weight excluding hydrogens is 230 g/mol. The standard InChI is InChI=1S/C13H19N3O2/c1-9(17)10-5-4-6-14-11(10)16-8-7-15-12(18)13(16,2)3/h4-6,9,17H,7-8H2,1-3H3,(H,15,18)/t9-/m0/s1. The molecule has 1 aliphatic heterocycles. The summed E-state index contributed by atoms with van der Waals surface area (Å²) in [5.41, 5.74) is 0.0938. The lowest BCUT2D eigenvalue weighted by Crippen LogP contribution is -2.62. The lowest BCUT2D eigenvalue weighted by molar-refractivity contribution is -0.126. The summed E-state index contributed by atoms with van der Waals surface area (Å²) in [6.07, 6.45) is 1.08. The molecule has 5 nitrogen and oxygen atoms in total. The normalized spacial score (nSPS) is 20.4. The van der Waals surface area contributed by atoms with Crippen LogP contribution in [0.2, 0.25) is 0 Å². The molecule has 1 saturated heterocycles. The lowest BCUT2D eigenvalue weighted by atomic mass is 9.97. The van der Waals surface area contributed by atoms with Crippen LogP contribution in [0.15, 0.2) is 18.3 Å². The molecule has 1 fully saturated rings. The summed E-state index contributed by atoms with van der Waals surface area (Å²) in [5.74, 6) is 0.670. The summed E-state index contributed by atoms with van der Waals surface area (Å²) in [4.78, 5) is 18.2. The van der Waals surface area contributed by atoms with E-state index in [4.69, 9.17) is 0 Å². The number of anilines is 1. The van der Waals surface area contributed by atoms with Gasteiger partial charge in [-0.05, 0) is 26.8 Å². The number of aliphatic hydroxyl groups excluding tert-OH is 1. The van der Waals surface area contributed by atoms with Gasteiger partial charge in [0.25, 0.3) is 0 Å². The molecule has 0 spiro atoms. The first-order valence-corrected chi connectivity index (χ1v) is 6.13. The molecule has 0 unspecified atom stereocenters. The zero-order chi connectivity index (χ0) is 13.3. The number of nitrogens with one attached hydrogen (secondary N) is 1. The van der Waals surface area contributed by atoms with Crippen molar-refractivity contribution in [3.05, 3.63) is 23.9 Å². The topological polar surface area (TPSA) is 65.5 Å². The highest BCUT2D eigenvalue weighted by molar-refractivity contribution is 5.90. The molecule has 0 aromatic carbocycles. The molecule has 1 aliphatic rings. The number of carbonyl (C=O) groups excluding carboxylic acids is 1. The number of aliphatic hydroxyl groups is 1. The maximum Gasteiger partial charge on any atom is 0.245 e. The zero-order valence-corrected chi connectivity index (χ0v) is 11.0. The Morgan fingerprint density at radius 2 is 2.28 bits per heavy atom. The summed E-state index contributed by atoms with van der Waals surface area (Å²) >= 11 is 0. The Hall–Kier alpha value is -1.62. The van der Waals surface area contributed by atoms with Crippen molar-refractivity contribution in [3.63, 3.8) is 0 Å². The van der Waals surface area contributed by atoms with Crippen molar-refractivity contribution < 1.29 is 9.90 Å². The molecule has 1 aromatic heterocycles. The fraction of sp³-hybridized carbons (Fsp3) is 0.538. The van der Waals surface area contributed by atoms with Crippen LogP contribution in [0.25, 0.3) is 0 Å². The number of piperazine rings is 1. The van der Waals surface area contributed by atoms with E-state index < -0.39 is 11.6 Å². The molecule has 0 aliphatic carbocycles. The Morgan fingerprint density at radius 1 is 1.56 bits per heavy atom. The highest BCUT2D eigenvalue weighted by Crippen LogP contribution is 2.30. The van der Waals surface area contributed by atoms with Crippen LogP contribution < -0.4 is 10.2 Å². The van der Waals surface area contributed by atoms with Gasteiger partial charge in [0, 0.05) is 24.8 Å². The van der Waals surface area contributed by atoms with Crippen LogP contribution in [0.5, 0.6) is 0 Å². The SMILES string of the molecule is C[C@H](O)c1cccnc1N1CCNC(=O)C1(C)C. The van der Waals surface area contributed by atoms with Crippen molar-refractivity contribution in [3.8, 4) is 0 Å². The van der Waals surface area contributed by atoms with Crippen LogP contribution in [0, 0.1) is 0 Å². The van der Waals surface area contributed by atoms with E-state index in [1.54, 1.807) is 19.2 Å². The van der Waals surface area contributed by atoms with Crippen LogP contribution in [0.1, 0.15) is 32.4 Å². The molecule has 2 rings (SSSR count). The molecule has 0 bridgehead atoms. The number of aromatic nitrogens is 1. The minimum atomic E-state index is -0.657. The second-order valence-electron chi connectivity index (χ2n) is 5.06. The number of nitrogens with zero attached hydrogens (tertiary/aromatic N) is 2. The zero-order valence-electron chi connectivity index (χ0n) is 11.0. The first kappa shape index (κ1) is 12.8. The Labute approximate surface area is 107 Å². The van der Waals surface area contributed by atoms with Gasteiger partial charge in [-0.2, -0.15) is 0 Å². The first-order chi connectivity index (χ1) is 8.44. The van der Waals surface area contributed by atoms with Crippen LogP contribution in [-0.4, -0.2) is 34.6 Å². The molecule has 5 heteroatoms. The highest BCUT2D eigenvalue weighted by atomic mass is 16.3. The second-order valence-corrected chi connectivity index (χ2v) is 5.06. The third kappa shape index (κ3) is 2.06. The molecule has 98 valence electrons. The van der Waals surface area contributed by atoms with Gasteiger partial charge >= 0.3 is 0 Å². The average Bonchev–Trinajstić information content (AvgIpc) is 2.32. The van der Waals surface area contributed by atoms with E-state index in [1.165, 1.54) is 0 Å². The number of rotatable bonds is 2. The average molecular weight is 249 g/mol. The minimum Gasteiger partial charge on any atom is -0.389 e. The van der Waals surface area contributed by atoms with Gasteiger partial charge in [-0.25, -0.2) is 4.98 Å². The first-order valence-electron chi connectivity index (χ1n) is 6.13. The Balaban J connectivity index is 2.45. The van der Waals surface area contributed by atoms with Gasteiger partial charge in [-0.1, -0.05) is 6.07 Å². The van der Waals surface area contributed by atoms with E-state index in [9.17, 15) is 9.90 Å². The summed E-state index contributed by atoms with van der Waals surface area (Å²) in [6, 6.07) is 3.64. The molecule has 1 aromatic rings. The van der Waals surface area contributed by atoms with Gasteiger partial charge in [0.2, 0.25) is 5.91 Å². The number of pyridine rings is 1. The van der Waals surface area contributed by atoms with Crippen molar-refractivity contribution >= 4 is 11.7 Å². The van der Waals surface area contributed by atoms with E-state index in [1.807, 2.05) is 24.8 Å². The predicted molar refractivity (Wildman–Crippen MR) is 69.3 cm³/mol. The summed E-state index contributed by atoms with van der Waals surface area (Å²) in [7, 11) is 0. The summed E-state index contributed by atoms with van der Waals surface area (Å²) < 4.78 is 0. The van der Waals surface area contributed by atoms with E-state index >= 15 is 0 Å². The Morgan fingerprint density at radius 3 is 2.94 bits per heavy atom. The van der Waals surface area contributed by atoms with Crippen LogP contribution in [0.4, 0.5) is 5.82 Å².